The number of carbonyl (C=O) groups is 1. The van der Waals surface area contributed by atoms with Gasteiger partial charge in [0.05, 0.1) is 11.8 Å². The fourth-order valence-corrected chi connectivity index (χ4v) is 2.53. The standard InChI is InChI=1S/C15H19ClN2O2/c1-10(2)7-11(16)9-17-15(19)8-13-12-5-3-4-6-14(12)20-18-13/h3-6,10-11H,7-9H2,1-2H3,(H,17,19). The molecule has 0 saturated heterocycles. The number of nitrogens with zero attached hydrogens (tertiary/aromatic N) is 1. The summed E-state index contributed by atoms with van der Waals surface area (Å²) < 4.78 is 5.17. The summed E-state index contributed by atoms with van der Waals surface area (Å²) in [7, 11) is 0. The van der Waals surface area contributed by atoms with Crippen molar-refractivity contribution in [3.8, 4) is 0 Å². The average molecular weight is 295 g/mol. The Bertz CT molecular complexity index is 580. The van der Waals surface area contributed by atoms with Crippen molar-refractivity contribution >= 4 is 28.5 Å². The van der Waals surface area contributed by atoms with Crippen molar-refractivity contribution < 1.29 is 9.32 Å². The quantitative estimate of drug-likeness (QED) is 0.833. The fourth-order valence-electron chi connectivity index (χ4n) is 2.10. The minimum Gasteiger partial charge on any atom is -0.356 e. The Balaban J connectivity index is 1.88. The molecule has 1 N–H and O–H groups in total. The van der Waals surface area contributed by atoms with Crippen LogP contribution in [0.1, 0.15) is 26.0 Å². The highest BCUT2D eigenvalue weighted by molar-refractivity contribution is 6.20. The molecule has 4 nitrogen and oxygen atoms in total. The van der Waals surface area contributed by atoms with Gasteiger partial charge in [-0.15, -0.1) is 11.6 Å². The minimum absolute atomic E-state index is 0.0343. The molecule has 2 rings (SSSR count). The second-order valence-corrected chi connectivity index (χ2v) is 5.95. The molecule has 5 heteroatoms. The van der Waals surface area contributed by atoms with E-state index in [0.29, 0.717) is 23.7 Å². The Kier molecular flexibility index (Phi) is 5.01. The van der Waals surface area contributed by atoms with E-state index in [2.05, 4.69) is 24.3 Å². The summed E-state index contributed by atoms with van der Waals surface area (Å²) >= 11 is 6.15. The number of hydrogen-bond acceptors (Lipinski definition) is 3. The monoisotopic (exact) mass is 294 g/mol. The number of carbonyl (C=O) groups excluding carboxylic acids is 1. The van der Waals surface area contributed by atoms with Crippen LogP contribution in [0.3, 0.4) is 0 Å². The third-order valence-electron chi connectivity index (χ3n) is 3.03. The summed E-state index contributed by atoms with van der Waals surface area (Å²) in [5, 5.41) is 7.63. The first-order valence-electron chi connectivity index (χ1n) is 6.80. The van der Waals surface area contributed by atoms with Crippen LogP contribution < -0.4 is 5.32 Å². The summed E-state index contributed by atoms with van der Waals surface area (Å²) in [6, 6.07) is 7.51. The van der Waals surface area contributed by atoms with Gasteiger partial charge in [-0.05, 0) is 24.5 Å². The lowest BCUT2D eigenvalue weighted by Crippen LogP contribution is -2.31. The number of rotatable bonds is 6. The predicted molar refractivity (Wildman–Crippen MR) is 79.8 cm³/mol. The molecule has 0 aliphatic rings. The molecule has 1 heterocycles. The van der Waals surface area contributed by atoms with E-state index in [1.54, 1.807) is 0 Å². The lowest BCUT2D eigenvalue weighted by atomic mass is 10.1. The maximum absolute atomic E-state index is 11.9. The van der Waals surface area contributed by atoms with E-state index in [0.717, 1.165) is 11.8 Å². The van der Waals surface area contributed by atoms with Gasteiger partial charge in [0.1, 0.15) is 5.69 Å². The van der Waals surface area contributed by atoms with Crippen molar-refractivity contribution in [2.45, 2.75) is 32.1 Å². The molecule has 2 aromatic rings. The fraction of sp³-hybridized carbons (Fsp3) is 0.467. The van der Waals surface area contributed by atoms with Gasteiger partial charge in [0.25, 0.3) is 0 Å². The molecular weight excluding hydrogens is 276 g/mol. The van der Waals surface area contributed by atoms with Gasteiger partial charge in [-0.2, -0.15) is 0 Å². The summed E-state index contributed by atoms with van der Waals surface area (Å²) in [4.78, 5) is 11.9. The Morgan fingerprint density at radius 3 is 2.90 bits per heavy atom. The highest BCUT2D eigenvalue weighted by Crippen LogP contribution is 2.18. The molecule has 108 valence electrons. The summed E-state index contributed by atoms with van der Waals surface area (Å²) in [6.07, 6.45) is 1.09. The average Bonchev–Trinajstić information content (AvgIpc) is 2.79. The van der Waals surface area contributed by atoms with E-state index in [1.165, 1.54) is 0 Å². The maximum atomic E-state index is 11.9. The SMILES string of the molecule is CC(C)CC(Cl)CNC(=O)Cc1noc2ccccc12. The minimum atomic E-state index is -0.0848. The first kappa shape index (κ1) is 14.9. The van der Waals surface area contributed by atoms with Crippen LogP contribution in [-0.4, -0.2) is 23.0 Å². The van der Waals surface area contributed by atoms with Crippen LogP contribution in [0.15, 0.2) is 28.8 Å². The first-order valence-corrected chi connectivity index (χ1v) is 7.24. The molecule has 0 saturated carbocycles. The predicted octanol–water partition coefficient (Wildman–Crippen LogP) is 3.14. The molecule has 0 aliphatic carbocycles. The largest absolute Gasteiger partial charge is 0.356 e. The molecule has 1 atom stereocenters. The van der Waals surface area contributed by atoms with E-state index in [9.17, 15) is 4.79 Å². The van der Waals surface area contributed by atoms with Crippen molar-refractivity contribution in [3.63, 3.8) is 0 Å². The number of halogens is 1. The third kappa shape index (κ3) is 3.97. The molecule has 1 aromatic carbocycles. The second-order valence-electron chi connectivity index (χ2n) is 5.33. The smallest absolute Gasteiger partial charge is 0.226 e. The molecular formula is C15H19ClN2O2. The molecule has 0 radical (unpaired) electrons. The van der Waals surface area contributed by atoms with Crippen LogP contribution in [0.25, 0.3) is 11.0 Å². The van der Waals surface area contributed by atoms with Gasteiger partial charge in [-0.1, -0.05) is 31.1 Å². The van der Waals surface area contributed by atoms with Crippen LogP contribution in [0.5, 0.6) is 0 Å². The molecule has 1 aromatic heterocycles. The van der Waals surface area contributed by atoms with Gasteiger partial charge in [-0.25, -0.2) is 0 Å². The molecule has 0 bridgehead atoms. The number of alkyl halides is 1. The lowest BCUT2D eigenvalue weighted by Gasteiger charge is -2.12. The van der Waals surface area contributed by atoms with E-state index >= 15 is 0 Å². The van der Waals surface area contributed by atoms with Crippen molar-refractivity contribution in [1.29, 1.82) is 0 Å². The summed E-state index contributed by atoms with van der Waals surface area (Å²) in [5.41, 5.74) is 1.36. The Morgan fingerprint density at radius 1 is 1.40 bits per heavy atom. The van der Waals surface area contributed by atoms with Gasteiger partial charge >= 0.3 is 0 Å². The van der Waals surface area contributed by atoms with Crippen LogP contribution >= 0.6 is 11.6 Å². The lowest BCUT2D eigenvalue weighted by molar-refractivity contribution is -0.120. The molecule has 1 amide bonds. The summed E-state index contributed by atoms with van der Waals surface area (Å²) in [5.74, 6) is 0.437. The first-order chi connectivity index (χ1) is 9.56. The maximum Gasteiger partial charge on any atom is 0.226 e. The number of para-hydroxylation sites is 1. The van der Waals surface area contributed by atoms with Crippen molar-refractivity contribution in [2.75, 3.05) is 6.54 Å². The Morgan fingerprint density at radius 2 is 2.15 bits per heavy atom. The normalized spacial score (nSPS) is 12.8. The Labute approximate surface area is 123 Å². The topological polar surface area (TPSA) is 55.1 Å². The van der Waals surface area contributed by atoms with Crippen LogP contribution in [0.4, 0.5) is 0 Å². The van der Waals surface area contributed by atoms with E-state index in [1.807, 2.05) is 24.3 Å². The van der Waals surface area contributed by atoms with E-state index in [-0.39, 0.29) is 17.7 Å². The highest BCUT2D eigenvalue weighted by Gasteiger charge is 2.13. The number of nitrogens with one attached hydrogen (secondary N) is 1. The van der Waals surface area contributed by atoms with E-state index < -0.39 is 0 Å². The van der Waals surface area contributed by atoms with Gasteiger partial charge < -0.3 is 9.84 Å². The number of amides is 1. The van der Waals surface area contributed by atoms with Crippen LogP contribution in [-0.2, 0) is 11.2 Å². The van der Waals surface area contributed by atoms with Crippen molar-refractivity contribution in [2.24, 2.45) is 5.92 Å². The van der Waals surface area contributed by atoms with Crippen molar-refractivity contribution in [1.82, 2.24) is 10.5 Å². The number of hydrogen-bond donors (Lipinski definition) is 1. The van der Waals surface area contributed by atoms with Crippen LogP contribution in [0, 0.1) is 5.92 Å². The zero-order chi connectivity index (χ0) is 14.5. The molecule has 0 fully saturated rings. The molecule has 1 unspecified atom stereocenters. The zero-order valence-electron chi connectivity index (χ0n) is 11.7. The zero-order valence-corrected chi connectivity index (χ0v) is 12.5. The van der Waals surface area contributed by atoms with Gasteiger partial charge in [0.15, 0.2) is 5.58 Å². The Hall–Kier alpha value is -1.55. The highest BCUT2D eigenvalue weighted by atomic mass is 35.5. The summed E-state index contributed by atoms with van der Waals surface area (Å²) in [6.45, 7) is 4.70. The van der Waals surface area contributed by atoms with Gasteiger partial charge in [0.2, 0.25) is 5.91 Å². The number of fused-ring (bicyclic) bond motifs is 1. The van der Waals surface area contributed by atoms with E-state index in [4.69, 9.17) is 16.1 Å². The van der Waals surface area contributed by atoms with Gasteiger partial charge in [0, 0.05) is 11.9 Å². The molecule has 0 spiro atoms. The second kappa shape index (κ2) is 6.75. The van der Waals surface area contributed by atoms with Gasteiger partial charge in [-0.3, -0.25) is 4.79 Å². The van der Waals surface area contributed by atoms with Crippen molar-refractivity contribution in [3.05, 3.63) is 30.0 Å². The number of benzene rings is 1. The van der Waals surface area contributed by atoms with Crippen LogP contribution in [0.2, 0.25) is 0 Å². The molecule has 20 heavy (non-hydrogen) atoms. The molecule has 0 aliphatic heterocycles. The third-order valence-corrected chi connectivity index (χ3v) is 3.36. The number of aromatic nitrogens is 1.